The quantitative estimate of drug-likeness (QED) is 0.837. The van der Waals surface area contributed by atoms with Crippen LogP contribution < -0.4 is 5.73 Å². The van der Waals surface area contributed by atoms with E-state index in [1.807, 2.05) is 0 Å². The molecule has 2 saturated carbocycles. The van der Waals surface area contributed by atoms with Gasteiger partial charge in [0.05, 0.1) is 11.5 Å². The number of rotatable bonds is 5. The van der Waals surface area contributed by atoms with Gasteiger partial charge in [0.2, 0.25) is 0 Å². The Kier molecular flexibility index (Phi) is 5.07. The summed E-state index contributed by atoms with van der Waals surface area (Å²) in [5, 5.41) is 0. The van der Waals surface area contributed by atoms with E-state index in [1.165, 1.54) is 32.1 Å². The minimum absolute atomic E-state index is 0.128. The van der Waals surface area contributed by atoms with Crippen LogP contribution in [0, 0.1) is 11.8 Å². The molecule has 2 aliphatic rings. The van der Waals surface area contributed by atoms with Crippen molar-refractivity contribution in [3.05, 3.63) is 0 Å². The van der Waals surface area contributed by atoms with Gasteiger partial charge >= 0.3 is 0 Å². The van der Waals surface area contributed by atoms with Gasteiger partial charge in [0, 0.05) is 6.04 Å². The van der Waals surface area contributed by atoms with Crippen molar-refractivity contribution in [1.29, 1.82) is 0 Å². The Labute approximate surface area is 111 Å². The van der Waals surface area contributed by atoms with E-state index in [2.05, 4.69) is 0 Å². The fraction of sp³-hybridized carbons (Fsp3) is 1.00. The van der Waals surface area contributed by atoms with Crippen molar-refractivity contribution in [1.82, 2.24) is 0 Å². The Balaban J connectivity index is 1.82. The lowest BCUT2D eigenvalue weighted by Crippen LogP contribution is -2.39. The highest BCUT2D eigenvalue weighted by Gasteiger charge is 2.28. The lowest BCUT2D eigenvalue weighted by Gasteiger charge is -2.27. The Morgan fingerprint density at radius 2 is 1.50 bits per heavy atom. The molecule has 1 unspecified atom stereocenters. The van der Waals surface area contributed by atoms with Gasteiger partial charge in [-0.15, -0.1) is 0 Å². The normalized spacial score (nSPS) is 25.4. The number of hydrogen-bond acceptors (Lipinski definition) is 3. The molecule has 2 aliphatic carbocycles. The van der Waals surface area contributed by atoms with Gasteiger partial charge in [0.1, 0.15) is 0 Å². The van der Waals surface area contributed by atoms with Crippen LogP contribution in [0.15, 0.2) is 0 Å². The summed E-state index contributed by atoms with van der Waals surface area (Å²) in [5.74, 6) is 1.45. The summed E-state index contributed by atoms with van der Waals surface area (Å²) in [6.45, 7) is 0. The van der Waals surface area contributed by atoms with Gasteiger partial charge in [0.25, 0.3) is 0 Å². The third-order valence-electron chi connectivity index (χ3n) is 4.67. The van der Waals surface area contributed by atoms with Crippen LogP contribution in [-0.2, 0) is 9.84 Å². The van der Waals surface area contributed by atoms with Gasteiger partial charge in [-0.05, 0) is 37.5 Å². The third-order valence-corrected chi connectivity index (χ3v) is 6.54. The molecule has 0 saturated heterocycles. The second kappa shape index (κ2) is 6.38. The smallest absolute Gasteiger partial charge is 0.152 e. The Morgan fingerprint density at radius 1 is 0.944 bits per heavy atom. The molecular formula is C14H27NO2S. The number of nitrogens with two attached hydrogens (primary N) is 1. The van der Waals surface area contributed by atoms with E-state index < -0.39 is 9.84 Å². The van der Waals surface area contributed by atoms with E-state index in [9.17, 15) is 8.42 Å². The summed E-state index contributed by atoms with van der Waals surface area (Å²) >= 11 is 0. The van der Waals surface area contributed by atoms with Crippen molar-refractivity contribution in [3.8, 4) is 0 Å². The summed E-state index contributed by atoms with van der Waals surface area (Å²) in [6.07, 6.45) is 10.6. The predicted octanol–water partition coefficient (Wildman–Crippen LogP) is 2.50. The Morgan fingerprint density at radius 3 is 2.11 bits per heavy atom. The van der Waals surface area contributed by atoms with Gasteiger partial charge in [-0.1, -0.05) is 32.1 Å². The van der Waals surface area contributed by atoms with E-state index >= 15 is 0 Å². The second-order valence-corrected chi connectivity index (χ2v) is 8.44. The van der Waals surface area contributed by atoms with Gasteiger partial charge in [-0.3, -0.25) is 0 Å². The van der Waals surface area contributed by atoms with Gasteiger partial charge in [-0.2, -0.15) is 0 Å². The molecular weight excluding hydrogens is 246 g/mol. The van der Waals surface area contributed by atoms with E-state index in [0.717, 1.165) is 25.7 Å². The largest absolute Gasteiger partial charge is 0.327 e. The first-order valence-corrected chi connectivity index (χ1v) is 9.35. The molecule has 106 valence electrons. The van der Waals surface area contributed by atoms with Crippen molar-refractivity contribution in [3.63, 3.8) is 0 Å². The van der Waals surface area contributed by atoms with Gasteiger partial charge in [0.15, 0.2) is 9.84 Å². The van der Waals surface area contributed by atoms with Crippen molar-refractivity contribution in [2.75, 3.05) is 11.5 Å². The van der Waals surface area contributed by atoms with Gasteiger partial charge in [-0.25, -0.2) is 8.42 Å². The number of hydrogen-bond donors (Lipinski definition) is 1. The molecule has 18 heavy (non-hydrogen) atoms. The SMILES string of the molecule is NC(CS(=O)(=O)CC1CCCC1)C1CCCCC1. The number of sulfone groups is 1. The summed E-state index contributed by atoms with van der Waals surface area (Å²) < 4.78 is 24.3. The zero-order valence-corrected chi connectivity index (χ0v) is 12.1. The molecule has 0 aromatic carbocycles. The van der Waals surface area contributed by atoms with Crippen LogP contribution in [-0.4, -0.2) is 26.0 Å². The molecule has 4 heteroatoms. The Bertz CT molecular complexity index is 341. The van der Waals surface area contributed by atoms with Crippen LogP contribution >= 0.6 is 0 Å². The molecule has 0 bridgehead atoms. The molecule has 2 rings (SSSR count). The van der Waals surface area contributed by atoms with Crippen molar-refractivity contribution < 1.29 is 8.42 Å². The molecule has 0 spiro atoms. The van der Waals surface area contributed by atoms with Crippen molar-refractivity contribution in [2.45, 2.75) is 63.8 Å². The average Bonchev–Trinajstić information content (AvgIpc) is 2.81. The monoisotopic (exact) mass is 273 g/mol. The summed E-state index contributed by atoms with van der Waals surface area (Å²) in [5.41, 5.74) is 6.13. The highest BCUT2D eigenvalue weighted by Crippen LogP contribution is 2.28. The fourth-order valence-electron chi connectivity index (χ4n) is 3.60. The first kappa shape index (κ1) is 14.3. The zero-order chi connectivity index (χ0) is 13.0. The third kappa shape index (κ3) is 4.23. The topological polar surface area (TPSA) is 60.2 Å². The van der Waals surface area contributed by atoms with E-state index in [0.29, 0.717) is 17.6 Å². The highest BCUT2D eigenvalue weighted by molar-refractivity contribution is 7.91. The summed E-state index contributed by atoms with van der Waals surface area (Å²) in [7, 11) is -2.94. The maximum atomic E-state index is 12.2. The van der Waals surface area contributed by atoms with Crippen LogP contribution in [0.4, 0.5) is 0 Å². The van der Waals surface area contributed by atoms with Crippen LogP contribution in [0.2, 0.25) is 0 Å². The average molecular weight is 273 g/mol. The summed E-state index contributed by atoms with van der Waals surface area (Å²) in [6, 6.07) is -0.128. The maximum Gasteiger partial charge on any atom is 0.152 e. The molecule has 0 aromatic heterocycles. The Hall–Kier alpha value is -0.0900. The van der Waals surface area contributed by atoms with Crippen molar-refractivity contribution in [2.24, 2.45) is 17.6 Å². The molecule has 0 amide bonds. The second-order valence-electron chi connectivity index (χ2n) is 6.29. The summed E-state index contributed by atoms with van der Waals surface area (Å²) in [4.78, 5) is 0. The minimum atomic E-state index is -2.94. The lowest BCUT2D eigenvalue weighted by atomic mass is 9.85. The standard InChI is InChI=1S/C14H27NO2S/c15-14(13-8-2-1-3-9-13)11-18(16,17)10-12-6-4-5-7-12/h12-14H,1-11,15H2. The fourth-order valence-corrected chi connectivity index (χ4v) is 5.64. The molecule has 2 N–H and O–H groups in total. The lowest BCUT2D eigenvalue weighted by molar-refractivity contribution is 0.317. The van der Waals surface area contributed by atoms with Crippen LogP contribution in [0.1, 0.15) is 57.8 Å². The molecule has 0 radical (unpaired) electrons. The molecule has 0 heterocycles. The molecule has 2 fully saturated rings. The first-order valence-electron chi connectivity index (χ1n) is 7.53. The van der Waals surface area contributed by atoms with E-state index in [4.69, 9.17) is 5.73 Å². The van der Waals surface area contributed by atoms with Crippen LogP contribution in [0.5, 0.6) is 0 Å². The van der Waals surface area contributed by atoms with E-state index in [-0.39, 0.29) is 11.8 Å². The van der Waals surface area contributed by atoms with E-state index in [1.54, 1.807) is 0 Å². The predicted molar refractivity (Wildman–Crippen MR) is 75.2 cm³/mol. The first-order chi connectivity index (χ1) is 8.57. The zero-order valence-electron chi connectivity index (χ0n) is 11.3. The maximum absolute atomic E-state index is 12.2. The van der Waals surface area contributed by atoms with Crippen LogP contribution in [0.3, 0.4) is 0 Å². The van der Waals surface area contributed by atoms with Crippen LogP contribution in [0.25, 0.3) is 0 Å². The highest BCUT2D eigenvalue weighted by atomic mass is 32.2. The molecule has 1 atom stereocenters. The van der Waals surface area contributed by atoms with Gasteiger partial charge < -0.3 is 5.73 Å². The molecule has 3 nitrogen and oxygen atoms in total. The van der Waals surface area contributed by atoms with Crippen molar-refractivity contribution >= 4 is 9.84 Å². The minimum Gasteiger partial charge on any atom is -0.327 e. The molecule has 0 aliphatic heterocycles. The molecule has 0 aromatic rings.